The third-order valence-corrected chi connectivity index (χ3v) is 10.0. The first-order valence-corrected chi connectivity index (χ1v) is 10.2. The summed E-state index contributed by atoms with van der Waals surface area (Å²) in [5.74, 6) is 3.23. The molecule has 0 saturated carbocycles. The molecule has 0 aromatic rings. The molecule has 0 spiro atoms. The lowest BCUT2D eigenvalue weighted by Crippen LogP contribution is -2.46. The standard InChI is InChI=1S/C17H34OSi/c1-8-9-10-11-12-13-14-18-19(15(2)3,16(4)5)17(6)7/h15-17H,8-12H2,1-7H3. The van der Waals surface area contributed by atoms with E-state index in [1.807, 2.05) is 0 Å². The highest BCUT2D eigenvalue weighted by Gasteiger charge is 2.46. The maximum atomic E-state index is 6.20. The van der Waals surface area contributed by atoms with E-state index in [4.69, 9.17) is 4.43 Å². The molecule has 0 N–H and O–H groups in total. The molecule has 0 heterocycles. The average molecular weight is 283 g/mol. The van der Waals surface area contributed by atoms with Gasteiger partial charge in [-0.3, -0.25) is 0 Å². The van der Waals surface area contributed by atoms with Crippen LogP contribution in [0.25, 0.3) is 0 Å². The largest absolute Gasteiger partial charge is 0.500 e. The van der Waals surface area contributed by atoms with Gasteiger partial charge < -0.3 is 4.43 Å². The van der Waals surface area contributed by atoms with Crippen LogP contribution in [0.4, 0.5) is 0 Å². The molecule has 1 nitrogen and oxygen atoms in total. The van der Waals surface area contributed by atoms with Crippen molar-refractivity contribution in [2.75, 3.05) is 0 Å². The molecule has 0 bridgehead atoms. The molecule has 0 aromatic carbocycles. The van der Waals surface area contributed by atoms with E-state index in [0.717, 1.165) is 6.42 Å². The van der Waals surface area contributed by atoms with Gasteiger partial charge in [0.25, 0.3) is 8.32 Å². The SMILES string of the molecule is CCCCCCC#CO[Si](C(C)C)(C(C)C)C(C)C. The second-order valence-corrected chi connectivity index (χ2v) is 11.9. The van der Waals surface area contributed by atoms with E-state index in [2.05, 4.69) is 60.5 Å². The average Bonchev–Trinajstić information content (AvgIpc) is 2.31. The highest BCUT2D eigenvalue weighted by atomic mass is 28.4. The smallest absolute Gasteiger partial charge is 0.272 e. The quantitative estimate of drug-likeness (QED) is 0.296. The summed E-state index contributed by atoms with van der Waals surface area (Å²) in [5.41, 5.74) is 1.84. The summed E-state index contributed by atoms with van der Waals surface area (Å²) >= 11 is 0. The van der Waals surface area contributed by atoms with Crippen LogP contribution in [0, 0.1) is 12.0 Å². The Morgan fingerprint density at radius 1 is 0.842 bits per heavy atom. The van der Waals surface area contributed by atoms with E-state index in [0.29, 0.717) is 16.6 Å². The molecule has 0 aromatic heterocycles. The predicted octanol–water partition coefficient (Wildman–Crippen LogP) is 6.11. The van der Waals surface area contributed by atoms with Gasteiger partial charge in [0.2, 0.25) is 0 Å². The van der Waals surface area contributed by atoms with Gasteiger partial charge in [-0.1, -0.05) is 73.6 Å². The van der Waals surface area contributed by atoms with Gasteiger partial charge in [-0.05, 0) is 23.0 Å². The van der Waals surface area contributed by atoms with Crippen LogP contribution in [-0.4, -0.2) is 8.32 Å². The fourth-order valence-electron chi connectivity index (χ4n) is 3.17. The zero-order valence-corrected chi connectivity index (χ0v) is 15.2. The van der Waals surface area contributed by atoms with E-state index >= 15 is 0 Å². The Kier molecular flexibility index (Phi) is 9.26. The zero-order valence-electron chi connectivity index (χ0n) is 14.2. The van der Waals surface area contributed by atoms with Crippen LogP contribution in [-0.2, 0) is 4.43 Å². The maximum Gasteiger partial charge on any atom is 0.272 e. The normalized spacial score (nSPS) is 11.9. The first kappa shape index (κ1) is 18.6. The van der Waals surface area contributed by atoms with E-state index in [1.165, 1.54) is 25.7 Å². The van der Waals surface area contributed by atoms with Gasteiger partial charge in [0.15, 0.2) is 0 Å². The Bertz CT molecular complexity index is 262. The van der Waals surface area contributed by atoms with Crippen LogP contribution in [0.15, 0.2) is 0 Å². The van der Waals surface area contributed by atoms with Gasteiger partial charge in [-0.25, -0.2) is 0 Å². The molecule has 0 atom stereocenters. The van der Waals surface area contributed by atoms with Crippen molar-refractivity contribution in [3.63, 3.8) is 0 Å². The first-order valence-electron chi connectivity index (χ1n) is 8.05. The molecule has 0 radical (unpaired) electrons. The molecule has 0 amide bonds. The molecule has 0 fully saturated rings. The number of hydrogen-bond acceptors (Lipinski definition) is 1. The van der Waals surface area contributed by atoms with Crippen LogP contribution in [0.2, 0.25) is 16.6 Å². The summed E-state index contributed by atoms with van der Waals surface area (Å²) in [4.78, 5) is 0. The Morgan fingerprint density at radius 2 is 1.37 bits per heavy atom. The Hall–Kier alpha value is -0.423. The van der Waals surface area contributed by atoms with Crippen LogP contribution < -0.4 is 0 Å². The van der Waals surface area contributed by atoms with Crippen molar-refractivity contribution in [2.45, 2.75) is 97.2 Å². The molecule has 0 aliphatic heterocycles. The van der Waals surface area contributed by atoms with Crippen molar-refractivity contribution >= 4 is 8.32 Å². The summed E-state index contributed by atoms with van der Waals surface area (Å²) in [6.45, 7) is 16.0. The molecular weight excluding hydrogens is 248 g/mol. The van der Waals surface area contributed by atoms with E-state index < -0.39 is 8.32 Å². The summed E-state index contributed by atoms with van der Waals surface area (Å²) in [6, 6.07) is 0. The molecule has 112 valence electrons. The van der Waals surface area contributed by atoms with Gasteiger partial charge in [0.1, 0.15) is 0 Å². The highest BCUT2D eigenvalue weighted by molar-refractivity contribution is 6.77. The van der Waals surface area contributed by atoms with E-state index in [-0.39, 0.29) is 0 Å². The Labute approximate surface area is 122 Å². The highest BCUT2D eigenvalue weighted by Crippen LogP contribution is 2.41. The van der Waals surface area contributed by atoms with E-state index in [9.17, 15) is 0 Å². The van der Waals surface area contributed by atoms with E-state index in [1.54, 1.807) is 0 Å². The third kappa shape index (κ3) is 5.61. The summed E-state index contributed by atoms with van der Waals surface area (Å²) < 4.78 is 6.20. The van der Waals surface area contributed by atoms with Crippen molar-refractivity contribution in [3.8, 4) is 12.0 Å². The minimum atomic E-state index is -1.78. The lowest BCUT2D eigenvalue weighted by molar-refractivity contribution is 0.446. The van der Waals surface area contributed by atoms with Crippen molar-refractivity contribution in [1.29, 1.82) is 0 Å². The van der Waals surface area contributed by atoms with Gasteiger partial charge in [0, 0.05) is 6.42 Å². The summed E-state index contributed by atoms with van der Waals surface area (Å²) in [7, 11) is -1.78. The van der Waals surface area contributed by atoms with Gasteiger partial charge in [0.05, 0.1) is 6.11 Å². The molecule has 0 aliphatic rings. The second-order valence-electron chi connectivity index (χ2n) is 6.51. The monoisotopic (exact) mass is 282 g/mol. The maximum absolute atomic E-state index is 6.20. The fourth-order valence-corrected chi connectivity index (χ4v) is 8.13. The van der Waals surface area contributed by atoms with Crippen molar-refractivity contribution in [2.24, 2.45) is 0 Å². The summed E-state index contributed by atoms with van der Waals surface area (Å²) in [5, 5.41) is 0. The van der Waals surface area contributed by atoms with Crippen LogP contribution >= 0.6 is 0 Å². The van der Waals surface area contributed by atoms with Crippen molar-refractivity contribution in [3.05, 3.63) is 0 Å². The fraction of sp³-hybridized carbons (Fsp3) is 0.882. The second kappa shape index (κ2) is 9.48. The summed E-state index contributed by atoms with van der Waals surface area (Å²) in [6.07, 6.45) is 9.16. The van der Waals surface area contributed by atoms with Crippen LogP contribution in [0.1, 0.15) is 80.6 Å². The van der Waals surface area contributed by atoms with Gasteiger partial charge >= 0.3 is 0 Å². The number of rotatable bonds is 8. The first-order chi connectivity index (χ1) is 8.89. The molecule has 19 heavy (non-hydrogen) atoms. The molecule has 0 rings (SSSR count). The zero-order chi connectivity index (χ0) is 14.9. The lowest BCUT2D eigenvalue weighted by atomic mass is 10.2. The minimum absolute atomic E-state index is 0.613. The molecule has 0 aliphatic carbocycles. The van der Waals surface area contributed by atoms with Crippen LogP contribution in [0.5, 0.6) is 0 Å². The topological polar surface area (TPSA) is 9.23 Å². The van der Waals surface area contributed by atoms with Crippen LogP contribution in [0.3, 0.4) is 0 Å². The van der Waals surface area contributed by atoms with Gasteiger partial charge in [-0.15, -0.1) is 0 Å². The number of unbranched alkanes of at least 4 members (excludes halogenated alkanes) is 4. The lowest BCUT2D eigenvalue weighted by Gasteiger charge is -2.39. The number of hydrogen-bond donors (Lipinski definition) is 0. The third-order valence-electron chi connectivity index (χ3n) is 4.16. The Morgan fingerprint density at radius 3 is 1.79 bits per heavy atom. The van der Waals surface area contributed by atoms with Gasteiger partial charge in [-0.2, -0.15) is 0 Å². The predicted molar refractivity (Wildman–Crippen MR) is 88.7 cm³/mol. The minimum Gasteiger partial charge on any atom is -0.500 e. The Balaban J connectivity index is 4.47. The molecule has 2 heteroatoms. The molecule has 0 saturated heterocycles. The van der Waals surface area contributed by atoms with Crippen molar-refractivity contribution < 1.29 is 4.43 Å². The molecule has 0 unspecified atom stereocenters. The molecular formula is C17H34OSi. The van der Waals surface area contributed by atoms with Crippen molar-refractivity contribution in [1.82, 2.24) is 0 Å².